The van der Waals surface area contributed by atoms with E-state index in [9.17, 15) is 14.4 Å². The van der Waals surface area contributed by atoms with Crippen molar-refractivity contribution in [1.29, 1.82) is 0 Å². The molecule has 6 heteroatoms. The van der Waals surface area contributed by atoms with Crippen LogP contribution >= 0.6 is 0 Å². The average Bonchev–Trinajstić information content (AvgIpc) is 2.60. The number of nitrogens with zero attached hydrogens (tertiary/aromatic N) is 3. The number of hydrogen-bond donors (Lipinski definition) is 0. The Labute approximate surface area is 149 Å². The third kappa shape index (κ3) is 5.31. The van der Waals surface area contributed by atoms with Crippen molar-refractivity contribution in [3.05, 3.63) is 35.9 Å². The monoisotopic (exact) mass is 345 g/mol. The molecule has 0 unspecified atom stereocenters. The van der Waals surface area contributed by atoms with Gasteiger partial charge in [-0.1, -0.05) is 30.3 Å². The second kappa shape index (κ2) is 8.65. The molecule has 1 saturated heterocycles. The fourth-order valence-electron chi connectivity index (χ4n) is 2.95. The number of carbonyl (C=O) groups excluding carboxylic acids is 3. The highest BCUT2D eigenvalue weighted by Crippen LogP contribution is 2.12. The van der Waals surface area contributed by atoms with Crippen LogP contribution in [0.5, 0.6) is 0 Å². The van der Waals surface area contributed by atoms with Gasteiger partial charge in [0.1, 0.15) is 6.42 Å². The number of rotatable bonds is 5. The highest BCUT2D eigenvalue weighted by molar-refractivity contribution is 5.97. The molecule has 0 N–H and O–H groups in total. The summed E-state index contributed by atoms with van der Waals surface area (Å²) in [5.41, 5.74) is 1.05. The zero-order chi connectivity index (χ0) is 18.4. The van der Waals surface area contributed by atoms with Crippen molar-refractivity contribution in [2.75, 3.05) is 26.2 Å². The molecular weight excluding hydrogens is 318 g/mol. The molecule has 0 saturated carbocycles. The molecule has 0 bridgehead atoms. The van der Waals surface area contributed by atoms with E-state index < -0.39 is 0 Å². The first-order chi connectivity index (χ1) is 11.9. The minimum Gasteiger partial charge on any atom is -0.339 e. The van der Waals surface area contributed by atoms with Crippen molar-refractivity contribution < 1.29 is 14.4 Å². The summed E-state index contributed by atoms with van der Waals surface area (Å²) < 4.78 is 0. The van der Waals surface area contributed by atoms with Crippen LogP contribution < -0.4 is 0 Å². The molecule has 0 aromatic heterocycles. The van der Waals surface area contributed by atoms with Gasteiger partial charge in [0.2, 0.25) is 17.7 Å². The minimum absolute atomic E-state index is 0.0232. The van der Waals surface area contributed by atoms with Gasteiger partial charge in [-0.3, -0.25) is 14.4 Å². The number of benzene rings is 1. The van der Waals surface area contributed by atoms with Gasteiger partial charge >= 0.3 is 0 Å². The molecule has 1 aliphatic heterocycles. The van der Waals surface area contributed by atoms with E-state index >= 15 is 0 Å². The van der Waals surface area contributed by atoms with Crippen molar-refractivity contribution in [3.8, 4) is 0 Å². The number of hydrogen-bond acceptors (Lipinski definition) is 3. The topological polar surface area (TPSA) is 60.9 Å². The first-order valence-corrected chi connectivity index (χ1v) is 8.75. The molecule has 2 rings (SSSR count). The summed E-state index contributed by atoms with van der Waals surface area (Å²) in [5.74, 6) is -0.290. The summed E-state index contributed by atoms with van der Waals surface area (Å²) in [5, 5.41) is 0. The quantitative estimate of drug-likeness (QED) is 0.760. The maximum atomic E-state index is 12.6. The Kier molecular flexibility index (Phi) is 6.56. The smallest absolute Gasteiger partial charge is 0.232 e. The predicted octanol–water partition coefficient (Wildman–Crippen LogP) is 1.50. The molecule has 6 nitrogen and oxygen atoms in total. The van der Waals surface area contributed by atoms with Crippen LogP contribution in [0.3, 0.4) is 0 Å². The van der Waals surface area contributed by atoms with E-state index in [1.807, 2.05) is 44.2 Å². The Morgan fingerprint density at radius 3 is 2.08 bits per heavy atom. The predicted molar refractivity (Wildman–Crippen MR) is 95.6 cm³/mol. The van der Waals surface area contributed by atoms with Crippen LogP contribution in [0.25, 0.3) is 0 Å². The van der Waals surface area contributed by atoms with Crippen LogP contribution in [-0.2, 0) is 20.9 Å². The lowest BCUT2D eigenvalue weighted by Gasteiger charge is -2.35. The van der Waals surface area contributed by atoms with E-state index in [-0.39, 0.29) is 30.2 Å². The molecule has 1 aromatic rings. The zero-order valence-corrected chi connectivity index (χ0v) is 15.3. The van der Waals surface area contributed by atoms with Gasteiger partial charge in [-0.25, -0.2) is 0 Å². The number of carbonyl (C=O) groups is 3. The Balaban J connectivity index is 1.92. The largest absolute Gasteiger partial charge is 0.339 e. The summed E-state index contributed by atoms with van der Waals surface area (Å²) in [7, 11) is 0. The third-order valence-corrected chi connectivity index (χ3v) is 4.52. The fourth-order valence-corrected chi connectivity index (χ4v) is 2.95. The molecule has 3 amide bonds. The molecule has 0 aliphatic carbocycles. The molecule has 25 heavy (non-hydrogen) atoms. The van der Waals surface area contributed by atoms with Crippen LogP contribution in [-0.4, -0.2) is 64.6 Å². The van der Waals surface area contributed by atoms with E-state index in [4.69, 9.17) is 0 Å². The van der Waals surface area contributed by atoms with Crippen molar-refractivity contribution in [2.45, 2.75) is 39.8 Å². The number of piperazine rings is 1. The molecule has 0 spiro atoms. The molecule has 1 aliphatic rings. The van der Waals surface area contributed by atoms with Gasteiger partial charge in [0.05, 0.1) is 0 Å². The first kappa shape index (κ1) is 19.0. The average molecular weight is 345 g/mol. The Morgan fingerprint density at radius 2 is 1.56 bits per heavy atom. The van der Waals surface area contributed by atoms with Crippen molar-refractivity contribution >= 4 is 17.7 Å². The van der Waals surface area contributed by atoms with E-state index in [1.54, 1.807) is 14.7 Å². The lowest BCUT2D eigenvalue weighted by atomic mass is 10.1. The second-order valence-electron chi connectivity index (χ2n) is 6.66. The minimum atomic E-state index is -0.160. The van der Waals surface area contributed by atoms with Gasteiger partial charge in [-0.2, -0.15) is 0 Å². The SMILES string of the molecule is CC(=O)N1CCN(C(=O)CC(=O)N(Cc2ccccc2)C(C)C)CC1. The number of amides is 3. The zero-order valence-electron chi connectivity index (χ0n) is 15.3. The third-order valence-electron chi connectivity index (χ3n) is 4.52. The molecule has 1 fully saturated rings. The highest BCUT2D eigenvalue weighted by atomic mass is 16.2. The van der Waals surface area contributed by atoms with Crippen LogP contribution in [0.15, 0.2) is 30.3 Å². The first-order valence-electron chi connectivity index (χ1n) is 8.75. The second-order valence-corrected chi connectivity index (χ2v) is 6.66. The summed E-state index contributed by atoms with van der Waals surface area (Å²) >= 11 is 0. The summed E-state index contributed by atoms with van der Waals surface area (Å²) in [6.07, 6.45) is -0.120. The van der Waals surface area contributed by atoms with Crippen LogP contribution in [0.2, 0.25) is 0 Å². The molecule has 136 valence electrons. The van der Waals surface area contributed by atoms with Crippen molar-refractivity contribution in [1.82, 2.24) is 14.7 Å². The van der Waals surface area contributed by atoms with E-state index in [0.29, 0.717) is 32.7 Å². The van der Waals surface area contributed by atoms with Crippen LogP contribution in [0.1, 0.15) is 32.8 Å². The molecule has 1 aromatic carbocycles. The normalized spacial score (nSPS) is 14.6. The summed E-state index contributed by atoms with van der Waals surface area (Å²) in [6.45, 7) is 8.00. The van der Waals surface area contributed by atoms with Gasteiger partial charge in [0, 0.05) is 45.7 Å². The Morgan fingerprint density at radius 1 is 1.00 bits per heavy atom. The van der Waals surface area contributed by atoms with Gasteiger partial charge in [0.15, 0.2) is 0 Å². The molecule has 0 radical (unpaired) electrons. The fraction of sp³-hybridized carbons (Fsp3) is 0.526. The van der Waals surface area contributed by atoms with Gasteiger partial charge in [-0.15, -0.1) is 0 Å². The Hall–Kier alpha value is -2.37. The molecule has 0 atom stereocenters. The Bertz CT molecular complexity index is 608. The molecular formula is C19H27N3O3. The van der Waals surface area contributed by atoms with Crippen molar-refractivity contribution in [3.63, 3.8) is 0 Å². The van der Waals surface area contributed by atoms with Crippen LogP contribution in [0, 0.1) is 0 Å². The summed E-state index contributed by atoms with van der Waals surface area (Å²) in [6, 6.07) is 9.80. The maximum absolute atomic E-state index is 12.6. The van der Waals surface area contributed by atoms with Gasteiger partial charge in [0.25, 0.3) is 0 Å². The van der Waals surface area contributed by atoms with Gasteiger partial charge < -0.3 is 14.7 Å². The van der Waals surface area contributed by atoms with Gasteiger partial charge in [-0.05, 0) is 19.4 Å². The van der Waals surface area contributed by atoms with E-state index in [0.717, 1.165) is 5.56 Å². The maximum Gasteiger partial charge on any atom is 0.232 e. The highest BCUT2D eigenvalue weighted by Gasteiger charge is 2.26. The lowest BCUT2D eigenvalue weighted by molar-refractivity contribution is -0.144. The standard InChI is InChI=1S/C19H27N3O3/c1-15(2)22(14-17-7-5-4-6-8-17)19(25)13-18(24)21-11-9-20(10-12-21)16(3)23/h4-8,15H,9-14H2,1-3H3. The lowest BCUT2D eigenvalue weighted by Crippen LogP contribution is -2.51. The summed E-state index contributed by atoms with van der Waals surface area (Å²) in [4.78, 5) is 41.6. The van der Waals surface area contributed by atoms with E-state index in [2.05, 4.69) is 0 Å². The molecule has 1 heterocycles. The van der Waals surface area contributed by atoms with Crippen LogP contribution in [0.4, 0.5) is 0 Å². The van der Waals surface area contributed by atoms with E-state index in [1.165, 1.54) is 6.92 Å². The van der Waals surface area contributed by atoms with Crippen molar-refractivity contribution in [2.24, 2.45) is 0 Å².